The van der Waals surface area contributed by atoms with Crippen LogP contribution >= 0.6 is 24.2 Å². The Morgan fingerprint density at radius 2 is 1.94 bits per heavy atom. The molecule has 0 saturated carbocycles. The van der Waals surface area contributed by atoms with Crippen LogP contribution in [0.2, 0.25) is 5.02 Å². The van der Waals surface area contributed by atoms with Crippen LogP contribution in [0.15, 0.2) is 18.2 Å². The summed E-state index contributed by atoms with van der Waals surface area (Å²) in [5.74, 6) is 1.78. The molecule has 3 heteroatoms. The fourth-order valence-electron chi connectivity index (χ4n) is 1.47. The summed E-state index contributed by atoms with van der Waals surface area (Å²) in [5.41, 5.74) is 1.18. The molecule has 0 heterocycles. The fourth-order valence-corrected chi connectivity index (χ4v) is 1.87. The van der Waals surface area contributed by atoms with E-state index in [4.69, 9.17) is 16.3 Å². The van der Waals surface area contributed by atoms with E-state index < -0.39 is 0 Å². The standard InChI is InChI=1S/C13H19ClOS/c1-11-6-7-12(14)13(10-11)15-8-4-2-3-5-9-16/h6-7,10,16H,2-5,8-9H2,1H3. The third kappa shape index (κ3) is 5.13. The van der Waals surface area contributed by atoms with Crippen molar-refractivity contribution >= 4 is 24.2 Å². The van der Waals surface area contributed by atoms with Crippen LogP contribution < -0.4 is 4.74 Å². The molecule has 0 aliphatic carbocycles. The monoisotopic (exact) mass is 258 g/mol. The van der Waals surface area contributed by atoms with E-state index >= 15 is 0 Å². The van der Waals surface area contributed by atoms with Gasteiger partial charge >= 0.3 is 0 Å². The van der Waals surface area contributed by atoms with Crippen molar-refractivity contribution in [2.24, 2.45) is 0 Å². The van der Waals surface area contributed by atoms with Crippen molar-refractivity contribution in [2.75, 3.05) is 12.4 Å². The summed E-state index contributed by atoms with van der Waals surface area (Å²) in [5, 5.41) is 0.695. The summed E-state index contributed by atoms with van der Waals surface area (Å²) < 4.78 is 5.65. The van der Waals surface area contributed by atoms with Crippen LogP contribution in [-0.2, 0) is 0 Å². The second-order valence-electron chi connectivity index (χ2n) is 3.92. The van der Waals surface area contributed by atoms with E-state index in [1.165, 1.54) is 24.8 Å². The predicted octanol–water partition coefficient (Wildman–Crippen LogP) is 4.52. The molecule has 0 fully saturated rings. The number of ether oxygens (including phenoxy) is 1. The van der Waals surface area contributed by atoms with Crippen LogP contribution in [0.3, 0.4) is 0 Å². The SMILES string of the molecule is Cc1ccc(Cl)c(OCCCCCCS)c1. The van der Waals surface area contributed by atoms with Crippen molar-refractivity contribution in [3.63, 3.8) is 0 Å². The normalized spacial score (nSPS) is 10.4. The molecule has 0 radical (unpaired) electrons. The summed E-state index contributed by atoms with van der Waals surface area (Å²) in [7, 11) is 0. The van der Waals surface area contributed by atoms with E-state index in [0.29, 0.717) is 5.02 Å². The Morgan fingerprint density at radius 3 is 2.69 bits per heavy atom. The minimum absolute atomic E-state index is 0.695. The van der Waals surface area contributed by atoms with Crippen molar-refractivity contribution in [2.45, 2.75) is 32.6 Å². The molecule has 0 atom stereocenters. The maximum Gasteiger partial charge on any atom is 0.138 e. The molecule has 0 unspecified atom stereocenters. The van der Waals surface area contributed by atoms with Gasteiger partial charge in [-0.05, 0) is 43.2 Å². The number of hydrogen-bond donors (Lipinski definition) is 1. The Kier molecular flexibility index (Phi) is 6.74. The molecule has 1 aromatic carbocycles. The Labute approximate surface area is 109 Å². The van der Waals surface area contributed by atoms with Gasteiger partial charge in [0.2, 0.25) is 0 Å². The van der Waals surface area contributed by atoms with Gasteiger partial charge in [0, 0.05) is 0 Å². The number of thiol groups is 1. The number of hydrogen-bond acceptors (Lipinski definition) is 2. The van der Waals surface area contributed by atoms with Gasteiger partial charge in [-0.3, -0.25) is 0 Å². The average molecular weight is 259 g/mol. The second-order valence-corrected chi connectivity index (χ2v) is 4.77. The lowest BCUT2D eigenvalue weighted by molar-refractivity contribution is 0.305. The third-order valence-corrected chi connectivity index (χ3v) is 3.03. The highest BCUT2D eigenvalue weighted by Crippen LogP contribution is 2.25. The van der Waals surface area contributed by atoms with Gasteiger partial charge in [0.1, 0.15) is 5.75 Å². The Bertz CT molecular complexity index is 315. The highest BCUT2D eigenvalue weighted by Gasteiger charge is 2.00. The highest BCUT2D eigenvalue weighted by molar-refractivity contribution is 7.80. The lowest BCUT2D eigenvalue weighted by atomic mass is 10.2. The molecule has 90 valence electrons. The van der Waals surface area contributed by atoms with Crippen LogP contribution in [0.1, 0.15) is 31.2 Å². The second kappa shape index (κ2) is 7.86. The molecule has 1 aromatic rings. The summed E-state index contributed by atoms with van der Waals surface area (Å²) in [6.07, 6.45) is 4.70. The zero-order valence-corrected chi connectivity index (χ0v) is 11.4. The molecule has 1 rings (SSSR count). The third-order valence-electron chi connectivity index (χ3n) is 2.40. The van der Waals surface area contributed by atoms with Crippen molar-refractivity contribution in [3.8, 4) is 5.75 Å². The first-order valence-electron chi connectivity index (χ1n) is 5.74. The number of unbranched alkanes of at least 4 members (excludes halogenated alkanes) is 3. The summed E-state index contributed by atoms with van der Waals surface area (Å²) in [6.45, 7) is 2.78. The predicted molar refractivity (Wildman–Crippen MR) is 74.0 cm³/mol. The molecule has 16 heavy (non-hydrogen) atoms. The minimum atomic E-state index is 0.695. The van der Waals surface area contributed by atoms with E-state index in [-0.39, 0.29) is 0 Å². The molecular weight excluding hydrogens is 240 g/mol. The van der Waals surface area contributed by atoms with Crippen molar-refractivity contribution in [3.05, 3.63) is 28.8 Å². The lowest BCUT2D eigenvalue weighted by Gasteiger charge is -2.08. The molecule has 0 aliphatic heterocycles. The van der Waals surface area contributed by atoms with Crippen LogP contribution in [0, 0.1) is 6.92 Å². The van der Waals surface area contributed by atoms with Gasteiger partial charge in [0.15, 0.2) is 0 Å². The zero-order chi connectivity index (χ0) is 11.8. The van der Waals surface area contributed by atoms with Gasteiger partial charge in [-0.15, -0.1) is 0 Å². The molecule has 0 aliphatic rings. The summed E-state index contributed by atoms with van der Waals surface area (Å²) in [6, 6.07) is 5.85. The minimum Gasteiger partial charge on any atom is -0.492 e. The molecule has 0 amide bonds. The first-order chi connectivity index (χ1) is 7.74. The van der Waals surface area contributed by atoms with E-state index in [1.807, 2.05) is 25.1 Å². The van der Waals surface area contributed by atoms with E-state index in [1.54, 1.807) is 0 Å². The Balaban J connectivity index is 2.23. The first-order valence-corrected chi connectivity index (χ1v) is 6.75. The van der Waals surface area contributed by atoms with Crippen molar-refractivity contribution in [1.29, 1.82) is 0 Å². The molecule has 0 spiro atoms. The number of rotatable bonds is 7. The van der Waals surface area contributed by atoms with E-state index in [9.17, 15) is 0 Å². The van der Waals surface area contributed by atoms with Gasteiger partial charge in [0.05, 0.1) is 11.6 Å². The van der Waals surface area contributed by atoms with Crippen LogP contribution in [0.5, 0.6) is 5.75 Å². The zero-order valence-electron chi connectivity index (χ0n) is 9.71. The summed E-state index contributed by atoms with van der Waals surface area (Å²) in [4.78, 5) is 0. The average Bonchev–Trinajstić information content (AvgIpc) is 2.28. The maximum absolute atomic E-state index is 6.02. The largest absolute Gasteiger partial charge is 0.492 e. The molecule has 0 bridgehead atoms. The number of aryl methyl sites for hydroxylation is 1. The first kappa shape index (κ1) is 13.7. The molecule has 0 N–H and O–H groups in total. The van der Waals surface area contributed by atoms with E-state index in [0.717, 1.165) is 24.5 Å². The fraction of sp³-hybridized carbons (Fsp3) is 0.538. The van der Waals surface area contributed by atoms with Gasteiger partial charge in [-0.25, -0.2) is 0 Å². The summed E-state index contributed by atoms with van der Waals surface area (Å²) >= 11 is 10.2. The van der Waals surface area contributed by atoms with Gasteiger partial charge < -0.3 is 4.74 Å². The lowest BCUT2D eigenvalue weighted by Crippen LogP contribution is -1.98. The van der Waals surface area contributed by atoms with Crippen LogP contribution in [0.4, 0.5) is 0 Å². The molecule has 0 saturated heterocycles. The van der Waals surface area contributed by atoms with Crippen molar-refractivity contribution < 1.29 is 4.74 Å². The number of benzene rings is 1. The van der Waals surface area contributed by atoms with E-state index in [2.05, 4.69) is 12.6 Å². The maximum atomic E-state index is 6.02. The Hall–Kier alpha value is -0.340. The number of halogens is 1. The van der Waals surface area contributed by atoms with Crippen LogP contribution in [-0.4, -0.2) is 12.4 Å². The van der Waals surface area contributed by atoms with Gasteiger partial charge in [0.25, 0.3) is 0 Å². The molecule has 1 nitrogen and oxygen atoms in total. The molecular formula is C13H19ClOS. The quantitative estimate of drug-likeness (QED) is 0.559. The molecule has 0 aromatic heterocycles. The topological polar surface area (TPSA) is 9.23 Å². The van der Waals surface area contributed by atoms with Crippen LogP contribution in [0.25, 0.3) is 0 Å². The van der Waals surface area contributed by atoms with Gasteiger partial charge in [-0.1, -0.05) is 30.5 Å². The Morgan fingerprint density at radius 1 is 1.19 bits per heavy atom. The highest BCUT2D eigenvalue weighted by atomic mass is 35.5. The van der Waals surface area contributed by atoms with Gasteiger partial charge in [-0.2, -0.15) is 12.6 Å². The van der Waals surface area contributed by atoms with Crippen molar-refractivity contribution in [1.82, 2.24) is 0 Å². The smallest absolute Gasteiger partial charge is 0.138 e.